The number of hydrogen-bond donors (Lipinski definition) is 1. The molecule has 3 aromatic rings. The maximum Gasteiger partial charge on any atom is 0.331 e. The van der Waals surface area contributed by atoms with Gasteiger partial charge in [0.2, 0.25) is 0 Å². The summed E-state index contributed by atoms with van der Waals surface area (Å²) in [6.45, 7) is 6.00. The predicted octanol–water partition coefficient (Wildman–Crippen LogP) is 3.91. The van der Waals surface area contributed by atoms with Crippen LogP contribution >= 0.6 is 11.3 Å². The van der Waals surface area contributed by atoms with Crippen LogP contribution < -0.4 is 5.32 Å². The maximum atomic E-state index is 12.2. The van der Waals surface area contributed by atoms with Gasteiger partial charge in [-0.25, -0.2) is 4.79 Å². The third-order valence-electron chi connectivity index (χ3n) is 4.21. The first-order chi connectivity index (χ1) is 14.6. The molecule has 2 aromatic heterocycles. The summed E-state index contributed by atoms with van der Waals surface area (Å²) in [7, 11) is 0. The lowest BCUT2D eigenvalue weighted by Crippen LogP contribution is -2.35. The Balaban J connectivity index is 1.74. The van der Waals surface area contributed by atoms with E-state index >= 15 is 0 Å². The monoisotopic (exact) mass is 421 g/mol. The molecule has 0 bridgehead atoms. The van der Waals surface area contributed by atoms with Crippen molar-refractivity contribution >= 4 is 29.3 Å². The molecule has 3 rings (SSSR count). The quantitative estimate of drug-likeness (QED) is 0.323. The number of nitrogens with zero attached hydrogens (tertiary/aromatic N) is 2. The fourth-order valence-electron chi connectivity index (χ4n) is 2.76. The summed E-state index contributed by atoms with van der Waals surface area (Å²) in [6, 6.07) is 14.0. The molecule has 0 aliphatic heterocycles. The fourth-order valence-corrected chi connectivity index (χ4v) is 3.49. The van der Waals surface area contributed by atoms with Crippen molar-refractivity contribution in [2.75, 3.05) is 6.54 Å². The fraction of sp³-hybridized carbons (Fsp3) is 0.174. The van der Waals surface area contributed by atoms with Crippen molar-refractivity contribution in [3.8, 4) is 10.6 Å². The van der Waals surface area contributed by atoms with Crippen molar-refractivity contribution in [3.05, 3.63) is 83.9 Å². The summed E-state index contributed by atoms with van der Waals surface area (Å²) in [5, 5.41) is 9.28. The molecule has 2 heterocycles. The number of esters is 1. The van der Waals surface area contributed by atoms with Gasteiger partial charge in [-0.3, -0.25) is 9.48 Å². The summed E-state index contributed by atoms with van der Waals surface area (Å²) in [4.78, 5) is 25.0. The van der Waals surface area contributed by atoms with Gasteiger partial charge in [0.05, 0.1) is 11.4 Å². The van der Waals surface area contributed by atoms with Crippen molar-refractivity contribution in [2.45, 2.75) is 19.6 Å². The SMILES string of the molecule is C=CCNC(=O)[C@@H](C)OC(=O)/C=C/c1cn(Cc2ccccc2)nc1-c1cccs1. The molecule has 1 atom stereocenters. The van der Waals surface area contributed by atoms with Gasteiger partial charge in [0.25, 0.3) is 5.91 Å². The van der Waals surface area contributed by atoms with Crippen molar-refractivity contribution in [3.63, 3.8) is 0 Å². The summed E-state index contributed by atoms with van der Waals surface area (Å²) < 4.78 is 7.02. The van der Waals surface area contributed by atoms with Crippen LogP contribution in [0.25, 0.3) is 16.6 Å². The van der Waals surface area contributed by atoms with Crippen LogP contribution in [0.15, 0.2) is 72.8 Å². The van der Waals surface area contributed by atoms with Gasteiger partial charge >= 0.3 is 5.97 Å². The molecule has 0 saturated carbocycles. The zero-order valence-corrected chi connectivity index (χ0v) is 17.5. The maximum absolute atomic E-state index is 12.2. The molecule has 1 amide bonds. The molecule has 0 fully saturated rings. The second-order valence-electron chi connectivity index (χ2n) is 6.54. The zero-order valence-electron chi connectivity index (χ0n) is 16.7. The lowest BCUT2D eigenvalue weighted by molar-refractivity contribution is -0.150. The van der Waals surface area contributed by atoms with Crippen LogP contribution in [-0.2, 0) is 20.9 Å². The summed E-state index contributed by atoms with van der Waals surface area (Å²) >= 11 is 1.58. The topological polar surface area (TPSA) is 73.2 Å². The Morgan fingerprint density at radius 2 is 2.07 bits per heavy atom. The molecule has 0 aliphatic rings. The molecule has 154 valence electrons. The third-order valence-corrected chi connectivity index (χ3v) is 5.09. The van der Waals surface area contributed by atoms with Crippen molar-refractivity contribution < 1.29 is 14.3 Å². The van der Waals surface area contributed by atoms with Crippen LogP contribution in [0.1, 0.15) is 18.1 Å². The Morgan fingerprint density at radius 1 is 1.27 bits per heavy atom. The summed E-state index contributed by atoms with van der Waals surface area (Å²) in [5.41, 5.74) is 2.72. The second-order valence-corrected chi connectivity index (χ2v) is 7.49. The van der Waals surface area contributed by atoms with Crippen molar-refractivity contribution in [1.29, 1.82) is 0 Å². The minimum Gasteiger partial charge on any atom is -0.449 e. The largest absolute Gasteiger partial charge is 0.449 e. The smallest absolute Gasteiger partial charge is 0.331 e. The van der Waals surface area contributed by atoms with Gasteiger partial charge in [0.15, 0.2) is 6.10 Å². The molecule has 0 spiro atoms. The molecule has 0 aliphatic carbocycles. The van der Waals surface area contributed by atoms with Gasteiger partial charge in [0, 0.05) is 24.4 Å². The number of carbonyl (C=O) groups excluding carboxylic acids is 2. The number of carbonyl (C=O) groups is 2. The van der Waals surface area contributed by atoms with E-state index in [-0.39, 0.29) is 5.91 Å². The van der Waals surface area contributed by atoms with Crippen LogP contribution in [0, 0.1) is 0 Å². The molecular formula is C23H23N3O3S. The Kier molecular flexibility index (Phi) is 7.34. The molecular weight excluding hydrogens is 398 g/mol. The lowest BCUT2D eigenvalue weighted by atomic mass is 10.2. The summed E-state index contributed by atoms with van der Waals surface area (Å²) in [5.74, 6) is -0.962. The van der Waals surface area contributed by atoms with E-state index in [2.05, 4.69) is 11.9 Å². The van der Waals surface area contributed by atoms with Crippen LogP contribution in [-0.4, -0.2) is 34.3 Å². The van der Waals surface area contributed by atoms with E-state index in [1.165, 1.54) is 13.0 Å². The molecule has 0 saturated heterocycles. The van der Waals surface area contributed by atoms with E-state index in [0.29, 0.717) is 13.1 Å². The van der Waals surface area contributed by atoms with Gasteiger partial charge in [-0.2, -0.15) is 5.10 Å². The van der Waals surface area contributed by atoms with Gasteiger partial charge in [-0.05, 0) is 30.0 Å². The molecule has 30 heavy (non-hydrogen) atoms. The minimum absolute atomic E-state index is 0.321. The Hall–Kier alpha value is -3.45. The Bertz CT molecular complexity index is 1020. The normalized spacial score (nSPS) is 11.9. The number of thiophene rings is 1. The molecule has 1 N–H and O–H groups in total. The van der Waals surface area contributed by atoms with Gasteiger partial charge in [0.1, 0.15) is 5.69 Å². The van der Waals surface area contributed by atoms with Gasteiger partial charge < -0.3 is 10.1 Å². The van der Waals surface area contributed by atoms with E-state index in [4.69, 9.17) is 9.84 Å². The number of ether oxygens (including phenoxy) is 1. The highest BCUT2D eigenvalue weighted by Gasteiger charge is 2.16. The summed E-state index contributed by atoms with van der Waals surface area (Å²) in [6.07, 6.45) is 5.55. The Morgan fingerprint density at radius 3 is 2.77 bits per heavy atom. The highest BCUT2D eigenvalue weighted by atomic mass is 32.1. The highest BCUT2D eigenvalue weighted by Crippen LogP contribution is 2.27. The van der Waals surface area contributed by atoms with Crippen LogP contribution in [0.3, 0.4) is 0 Å². The minimum atomic E-state index is -0.889. The van der Waals surface area contributed by atoms with Crippen LogP contribution in [0.5, 0.6) is 0 Å². The number of amides is 1. The lowest BCUT2D eigenvalue weighted by Gasteiger charge is -2.10. The van der Waals surface area contributed by atoms with Crippen molar-refractivity contribution in [2.24, 2.45) is 0 Å². The van der Waals surface area contributed by atoms with Gasteiger partial charge in [-0.15, -0.1) is 17.9 Å². The van der Waals surface area contributed by atoms with E-state index in [1.54, 1.807) is 23.5 Å². The van der Waals surface area contributed by atoms with Crippen molar-refractivity contribution in [1.82, 2.24) is 15.1 Å². The molecule has 7 heteroatoms. The predicted molar refractivity (Wildman–Crippen MR) is 119 cm³/mol. The standard InChI is InChI=1S/C23H23N3O3S/c1-3-13-24-23(28)17(2)29-21(27)12-11-19-16-26(15-18-8-5-4-6-9-18)25-22(19)20-10-7-14-30-20/h3-12,14,16-17H,1,13,15H2,2H3,(H,24,28)/b12-11+/t17-/m1/s1. The van der Waals surface area contributed by atoms with E-state index < -0.39 is 12.1 Å². The number of nitrogens with one attached hydrogen (secondary N) is 1. The van der Waals surface area contributed by atoms with Crippen LogP contribution in [0.4, 0.5) is 0 Å². The zero-order chi connectivity index (χ0) is 21.3. The molecule has 6 nitrogen and oxygen atoms in total. The first-order valence-electron chi connectivity index (χ1n) is 9.49. The average Bonchev–Trinajstić information content (AvgIpc) is 3.41. The average molecular weight is 422 g/mol. The first-order valence-corrected chi connectivity index (χ1v) is 10.4. The third kappa shape index (κ3) is 5.78. The van der Waals surface area contributed by atoms with Crippen LogP contribution in [0.2, 0.25) is 0 Å². The van der Waals surface area contributed by atoms with Gasteiger partial charge in [-0.1, -0.05) is 42.5 Å². The first kappa shape index (κ1) is 21.3. The van der Waals surface area contributed by atoms with E-state index in [0.717, 1.165) is 21.7 Å². The highest BCUT2D eigenvalue weighted by molar-refractivity contribution is 7.13. The number of rotatable bonds is 9. The molecule has 1 aromatic carbocycles. The number of hydrogen-bond acceptors (Lipinski definition) is 5. The Labute approximate surface area is 179 Å². The molecule has 0 radical (unpaired) electrons. The number of benzene rings is 1. The van der Waals surface area contributed by atoms with E-state index in [9.17, 15) is 9.59 Å². The molecule has 0 unspecified atom stereocenters. The second kappa shape index (κ2) is 10.4. The van der Waals surface area contributed by atoms with E-state index in [1.807, 2.05) is 58.7 Å². The number of aromatic nitrogens is 2.